The standard InChI is InChI=1S/C16H23NO/c1-2-15(3-1)18-16-6-4-13(5-7-16)12-14-8-10-17-11-9-14/h4-7,14-15,17H,1-3,8-12H2. The molecule has 0 radical (unpaired) electrons. The van der Waals surface area contributed by atoms with Crippen LogP contribution < -0.4 is 10.1 Å². The maximum absolute atomic E-state index is 5.89. The second-order valence-corrected chi connectivity index (χ2v) is 5.71. The van der Waals surface area contributed by atoms with Gasteiger partial charge in [-0.2, -0.15) is 0 Å². The summed E-state index contributed by atoms with van der Waals surface area (Å²) >= 11 is 0. The zero-order valence-corrected chi connectivity index (χ0v) is 11.0. The van der Waals surface area contributed by atoms with Crippen LogP contribution in [-0.2, 0) is 6.42 Å². The van der Waals surface area contributed by atoms with Crippen LogP contribution >= 0.6 is 0 Å². The summed E-state index contributed by atoms with van der Waals surface area (Å²) in [6.45, 7) is 2.38. The van der Waals surface area contributed by atoms with Gasteiger partial charge in [0.05, 0.1) is 6.10 Å². The lowest BCUT2D eigenvalue weighted by molar-refractivity contribution is 0.120. The summed E-state index contributed by atoms with van der Waals surface area (Å²) < 4.78 is 5.89. The van der Waals surface area contributed by atoms with Gasteiger partial charge in [-0.25, -0.2) is 0 Å². The fraction of sp³-hybridized carbons (Fsp3) is 0.625. The minimum Gasteiger partial charge on any atom is -0.490 e. The summed E-state index contributed by atoms with van der Waals surface area (Å²) in [4.78, 5) is 0. The van der Waals surface area contributed by atoms with E-state index >= 15 is 0 Å². The Bertz CT molecular complexity index is 363. The molecule has 2 heteroatoms. The van der Waals surface area contributed by atoms with Crippen molar-refractivity contribution in [2.75, 3.05) is 13.1 Å². The van der Waals surface area contributed by atoms with Gasteiger partial charge in [0, 0.05) is 0 Å². The van der Waals surface area contributed by atoms with Gasteiger partial charge < -0.3 is 10.1 Å². The molecule has 98 valence electrons. The minimum atomic E-state index is 0.486. The first-order valence-corrected chi connectivity index (χ1v) is 7.36. The van der Waals surface area contributed by atoms with Crippen LogP contribution in [0, 0.1) is 5.92 Å². The fourth-order valence-corrected chi connectivity index (χ4v) is 2.80. The highest BCUT2D eigenvalue weighted by Crippen LogP contribution is 2.26. The van der Waals surface area contributed by atoms with E-state index in [0.717, 1.165) is 11.7 Å². The Kier molecular flexibility index (Phi) is 3.84. The lowest BCUT2D eigenvalue weighted by Gasteiger charge is -2.26. The number of rotatable bonds is 4. The van der Waals surface area contributed by atoms with E-state index in [-0.39, 0.29) is 0 Å². The van der Waals surface area contributed by atoms with Crippen LogP contribution in [0.1, 0.15) is 37.7 Å². The Morgan fingerprint density at radius 1 is 1.00 bits per heavy atom. The average Bonchev–Trinajstić information content (AvgIpc) is 2.37. The van der Waals surface area contributed by atoms with Crippen molar-refractivity contribution < 1.29 is 4.74 Å². The molecule has 1 heterocycles. The molecule has 3 rings (SSSR count). The Morgan fingerprint density at radius 2 is 1.72 bits per heavy atom. The zero-order valence-electron chi connectivity index (χ0n) is 11.0. The Morgan fingerprint density at radius 3 is 2.33 bits per heavy atom. The molecule has 0 atom stereocenters. The number of hydrogen-bond donors (Lipinski definition) is 1. The molecule has 1 aromatic rings. The normalized spacial score (nSPS) is 21.6. The highest BCUT2D eigenvalue weighted by atomic mass is 16.5. The molecule has 0 spiro atoms. The predicted molar refractivity (Wildman–Crippen MR) is 74.0 cm³/mol. The molecule has 2 nitrogen and oxygen atoms in total. The Labute approximate surface area is 110 Å². The van der Waals surface area contributed by atoms with Crippen molar-refractivity contribution >= 4 is 0 Å². The number of piperidine rings is 1. The quantitative estimate of drug-likeness (QED) is 0.880. The van der Waals surface area contributed by atoms with Crippen molar-refractivity contribution in [2.24, 2.45) is 5.92 Å². The predicted octanol–water partition coefficient (Wildman–Crippen LogP) is 3.16. The fourth-order valence-electron chi connectivity index (χ4n) is 2.80. The zero-order chi connectivity index (χ0) is 12.2. The minimum absolute atomic E-state index is 0.486. The van der Waals surface area contributed by atoms with E-state index in [0.29, 0.717) is 6.10 Å². The van der Waals surface area contributed by atoms with Crippen LogP contribution in [0.4, 0.5) is 0 Å². The van der Waals surface area contributed by atoms with Gasteiger partial charge in [0.2, 0.25) is 0 Å². The molecule has 2 aliphatic rings. The second kappa shape index (κ2) is 5.75. The average molecular weight is 245 g/mol. The summed E-state index contributed by atoms with van der Waals surface area (Å²) in [5.41, 5.74) is 1.46. The third kappa shape index (κ3) is 3.05. The monoisotopic (exact) mass is 245 g/mol. The van der Waals surface area contributed by atoms with Crippen LogP contribution in [0.15, 0.2) is 24.3 Å². The number of nitrogens with one attached hydrogen (secondary N) is 1. The summed E-state index contributed by atoms with van der Waals surface area (Å²) in [6.07, 6.45) is 8.15. The molecule has 1 N–H and O–H groups in total. The Hall–Kier alpha value is -1.02. The van der Waals surface area contributed by atoms with Crippen molar-refractivity contribution in [3.05, 3.63) is 29.8 Å². The Balaban J connectivity index is 1.52. The van der Waals surface area contributed by atoms with Crippen LogP contribution in [0.5, 0.6) is 5.75 Å². The van der Waals surface area contributed by atoms with Gasteiger partial charge >= 0.3 is 0 Å². The van der Waals surface area contributed by atoms with Crippen LogP contribution in [0.2, 0.25) is 0 Å². The van der Waals surface area contributed by atoms with Crippen molar-refractivity contribution in [3.8, 4) is 5.75 Å². The highest BCUT2D eigenvalue weighted by molar-refractivity contribution is 5.28. The number of benzene rings is 1. The van der Waals surface area contributed by atoms with E-state index in [1.807, 2.05) is 0 Å². The lowest BCUT2D eigenvalue weighted by atomic mass is 9.91. The van der Waals surface area contributed by atoms with Gasteiger partial charge in [-0.1, -0.05) is 12.1 Å². The van der Waals surface area contributed by atoms with Crippen molar-refractivity contribution in [2.45, 2.75) is 44.6 Å². The van der Waals surface area contributed by atoms with E-state index in [1.54, 1.807) is 0 Å². The summed E-state index contributed by atoms with van der Waals surface area (Å²) in [7, 11) is 0. The van der Waals surface area contributed by atoms with Crippen LogP contribution in [0.3, 0.4) is 0 Å². The first kappa shape index (κ1) is 12.0. The molecule has 1 aliphatic heterocycles. The third-order valence-corrected chi connectivity index (χ3v) is 4.26. The van der Waals surface area contributed by atoms with E-state index in [4.69, 9.17) is 4.74 Å². The SMILES string of the molecule is c1cc(OC2CCC2)ccc1CC1CCNCC1. The third-order valence-electron chi connectivity index (χ3n) is 4.26. The van der Waals surface area contributed by atoms with Gasteiger partial charge in [0.25, 0.3) is 0 Å². The smallest absolute Gasteiger partial charge is 0.119 e. The summed E-state index contributed by atoms with van der Waals surface area (Å²) in [6, 6.07) is 8.79. The number of ether oxygens (including phenoxy) is 1. The van der Waals surface area contributed by atoms with E-state index in [1.165, 1.54) is 57.2 Å². The van der Waals surface area contributed by atoms with Crippen LogP contribution in [-0.4, -0.2) is 19.2 Å². The largest absolute Gasteiger partial charge is 0.490 e. The molecule has 1 saturated carbocycles. The van der Waals surface area contributed by atoms with Crippen molar-refractivity contribution in [1.29, 1.82) is 0 Å². The van der Waals surface area contributed by atoms with Gasteiger partial charge in [-0.05, 0) is 75.2 Å². The van der Waals surface area contributed by atoms with E-state index in [2.05, 4.69) is 29.6 Å². The molecule has 18 heavy (non-hydrogen) atoms. The van der Waals surface area contributed by atoms with Crippen LogP contribution in [0.25, 0.3) is 0 Å². The maximum atomic E-state index is 5.89. The van der Waals surface area contributed by atoms with Crippen molar-refractivity contribution in [1.82, 2.24) is 5.32 Å². The van der Waals surface area contributed by atoms with Gasteiger partial charge in [-0.15, -0.1) is 0 Å². The van der Waals surface area contributed by atoms with E-state index < -0.39 is 0 Å². The van der Waals surface area contributed by atoms with Crippen molar-refractivity contribution in [3.63, 3.8) is 0 Å². The molecule has 0 bridgehead atoms. The lowest BCUT2D eigenvalue weighted by Crippen LogP contribution is -2.28. The molecule has 0 amide bonds. The van der Waals surface area contributed by atoms with Gasteiger partial charge in [0.1, 0.15) is 5.75 Å². The second-order valence-electron chi connectivity index (χ2n) is 5.71. The van der Waals surface area contributed by atoms with E-state index in [9.17, 15) is 0 Å². The first-order chi connectivity index (χ1) is 8.90. The molecule has 1 aliphatic carbocycles. The molecular weight excluding hydrogens is 222 g/mol. The molecule has 2 fully saturated rings. The van der Waals surface area contributed by atoms with Gasteiger partial charge in [-0.3, -0.25) is 0 Å². The molecule has 0 aromatic heterocycles. The maximum Gasteiger partial charge on any atom is 0.119 e. The summed E-state index contributed by atoms with van der Waals surface area (Å²) in [5.74, 6) is 1.92. The highest BCUT2D eigenvalue weighted by Gasteiger charge is 2.19. The molecule has 1 aromatic carbocycles. The molecule has 0 unspecified atom stereocenters. The molecular formula is C16H23NO. The first-order valence-electron chi connectivity index (χ1n) is 7.36. The topological polar surface area (TPSA) is 21.3 Å². The summed E-state index contributed by atoms with van der Waals surface area (Å²) in [5, 5.41) is 3.42. The number of hydrogen-bond acceptors (Lipinski definition) is 2. The molecule has 1 saturated heterocycles. The van der Waals surface area contributed by atoms with Gasteiger partial charge in [0.15, 0.2) is 0 Å².